The van der Waals surface area contributed by atoms with Gasteiger partial charge >= 0.3 is 5.97 Å². The van der Waals surface area contributed by atoms with E-state index in [0.717, 1.165) is 0 Å². The monoisotopic (exact) mass is 261 g/mol. The molecule has 0 saturated heterocycles. The molecule has 7 nitrogen and oxygen atoms in total. The van der Waals surface area contributed by atoms with Crippen LogP contribution in [0.2, 0.25) is 0 Å². The Labute approximate surface area is 110 Å². The molecule has 0 fully saturated rings. The van der Waals surface area contributed by atoms with Crippen molar-refractivity contribution in [2.75, 3.05) is 5.73 Å². The Bertz CT molecular complexity index is 600. The molecule has 0 aliphatic carbocycles. The number of nitrogen functional groups attached to an aromatic ring is 1. The minimum Gasteiger partial charge on any atom is -0.456 e. The third kappa shape index (κ3) is 3.06. The first kappa shape index (κ1) is 13.0. The maximum atomic E-state index is 12.0. The van der Waals surface area contributed by atoms with Crippen LogP contribution in [0.5, 0.6) is 0 Å². The summed E-state index contributed by atoms with van der Waals surface area (Å²) in [4.78, 5) is 12.0. The molecule has 0 aliphatic heterocycles. The largest absolute Gasteiger partial charge is 0.456 e. The van der Waals surface area contributed by atoms with Gasteiger partial charge in [-0.1, -0.05) is 11.2 Å². The number of carbonyl (C=O) groups excluding carboxylic acids is 1. The van der Waals surface area contributed by atoms with Crippen LogP contribution in [0.4, 0.5) is 5.95 Å². The van der Waals surface area contributed by atoms with E-state index in [0.29, 0.717) is 11.3 Å². The summed E-state index contributed by atoms with van der Waals surface area (Å²) in [6, 6.07) is 6.76. The number of aromatic nitrogens is 4. The van der Waals surface area contributed by atoms with Crippen molar-refractivity contribution in [1.82, 2.24) is 20.2 Å². The Kier molecular flexibility index (Phi) is 3.20. The van der Waals surface area contributed by atoms with Crippen LogP contribution < -0.4 is 5.73 Å². The molecule has 0 atom stereocenters. The lowest BCUT2D eigenvalue weighted by atomic mass is 10.1. The Hall–Kier alpha value is -2.44. The first-order valence-corrected chi connectivity index (χ1v) is 5.74. The lowest BCUT2D eigenvalue weighted by Crippen LogP contribution is -2.24. The van der Waals surface area contributed by atoms with E-state index in [1.165, 1.54) is 4.68 Å². The standard InChI is InChI=1S/C12H15N5O2/c1-12(2,3)19-10(18)8-5-4-6-9(7-8)17-11(13)14-15-16-17/h4-7H,1-3H3,(H2,13,14,16). The van der Waals surface area contributed by atoms with Crippen LogP contribution in [-0.2, 0) is 4.74 Å². The van der Waals surface area contributed by atoms with Gasteiger partial charge in [-0.05, 0) is 49.4 Å². The highest BCUT2D eigenvalue weighted by molar-refractivity contribution is 5.90. The third-order valence-electron chi connectivity index (χ3n) is 2.22. The number of esters is 1. The number of carbonyl (C=O) groups is 1. The summed E-state index contributed by atoms with van der Waals surface area (Å²) in [6.07, 6.45) is 0. The zero-order valence-corrected chi connectivity index (χ0v) is 11.0. The fourth-order valence-electron chi connectivity index (χ4n) is 1.48. The molecule has 0 bridgehead atoms. The zero-order valence-electron chi connectivity index (χ0n) is 11.0. The number of anilines is 1. The van der Waals surface area contributed by atoms with Crippen molar-refractivity contribution in [3.8, 4) is 5.69 Å². The molecule has 1 aromatic heterocycles. The molecular weight excluding hydrogens is 246 g/mol. The predicted molar refractivity (Wildman–Crippen MR) is 68.7 cm³/mol. The van der Waals surface area contributed by atoms with Gasteiger partial charge in [0.25, 0.3) is 0 Å². The molecule has 0 radical (unpaired) electrons. The lowest BCUT2D eigenvalue weighted by molar-refractivity contribution is 0.00695. The average molecular weight is 261 g/mol. The second-order valence-electron chi connectivity index (χ2n) is 5.00. The third-order valence-corrected chi connectivity index (χ3v) is 2.22. The van der Waals surface area contributed by atoms with Crippen LogP contribution in [0.3, 0.4) is 0 Å². The number of tetrazole rings is 1. The second-order valence-corrected chi connectivity index (χ2v) is 5.00. The summed E-state index contributed by atoms with van der Waals surface area (Å²) in [5.74, 6) is -0.248. The van der Waals surface area contributed by atoms with Crippen molar-refractivity contribution in [3.63, 3.8) is 0 Å². The van der Waals surface area contributed by atoms with E-state index in [1.54, 1.807) is 24.3 Å². The molecule has 7 heteroatoms. The Balaban J connectivity index is 2.30. The molecule has 19 heavy (non-hydrogen) atoms. The minimum atomic E-state index is -0.541. The number of nitrogens with zero attached hydrogens (tertiary/aromatic N) is 4. The highest BCUT2D eigenvalue weighted by Crippen LogP contribution is 2.15. The Morgan fingerprint density at radius 1 is 1.37 bits per heavy atom. The van der Waals surface area contributed by atoms with Gasteiger partial charge in [0.15, 0.2) is 0 Å². The molecule has 100 valence electrons. The molecule has 0 spiro atoms. The molecule has 0 saturated carbocycles. The van der Waals surface area contributed by atoms with Crippen LogP contribution in [0, 0.1) is 0 Å². The summed E-state index contributed by atoms with van der Waals surface area (Å²) in [5.41, 5.74) is 6.09. The Morgan fingerprint density at radius 3 is 2.68 bits per heavy atom. The number of ether oxygens (including phenoxy) is 1. The lowest BCUT2D eigenvalue weighted by Gasteiger charge is -2.19. The summed E-state index contributed by atoms with van der Waals surface area (Å²) >= 11 is 0. The van der Waals surface area contributed by atoms with Crippen molar-refractivity contribution in [1.29, 1.82) is 0 Å². The van der Waals surface area contributed by atoms with E-state index < -0.39 is 11.6 Å². The first-order valence-electron chi connectivity index (χ1n) is 5.74. The Morgan fingerprint density at radius 2 is 2.11 bits per heavy atom. The first-order chi connectivity index (χ1) is 8.87. The van der Waals surface area contributed by atoms with E-state index in [4.69, 9.17) is 10.5 Å². The predicted octanol–water partition coefficient (Wildman–Crippen LogP) is 1.20. The van der Waals surface area contributed by atoms with E-state index in [-0.39, 0.29) is 5.95 Å². The highest BCUT2D eigenvalue weighted by atomic mass is 16.6. The van der Waals surface area contributed by atoms with Gasteiger partial charge in [0.1, 0.15) is 5.60 Å². The van der Waals surface area contributed by atoms with Gasteiger partial charge in [-0.15, -0.1) is 0 Å². The van der Waals surface area contributed by atoms with E-state index >= 15 is 0 Å². The second kappa shape index (κ2) is 4.68. The van der Waals surface area contributed by atoms with E-state index in [9.17, 15) is 4.79 Å². The fourth-order valence-corrected chi connectivity index (χ4v) is 1.48. The number of nitrogens with two attached hydrogens (primary N) is 1. The molecule has 2 aromatic rings. The summed E-state index contributed by atoms with van der Waals surface area (Å²) in [5, 5.41) is 10.8. The van der Waals surface area contributed by atoms with Gasteiger partial charge in [0.2, 0.25) is 5.95 Å². The SMILES string of the molecule is CC(C)(C)OC(=O)c1cccc(-n2nnnc2N)c1. The van der Waals surface area contributed by atoms with Gasteiger partial charge in [0, 0.05) is 0 Å². The quantitative estimate of drug-likeness (QED) is 0.816. The van der Waals surface area contributed by atoms with Crippen molar-refractivity contribution in [2.45, 2.75) is 26.4 Å². The maximum absolute atomic E-state index is 12.0. The molecular formula is C12H15N5O2. The van der Waals surface area contributed by atoms with E-state index in [1.807, 2.05) is 20.8 Å². The smallest absolute Gasteiger partial charge is 0.338 e. The summed E-state index contributed by atoms with van der Waals surface area (Å²) in [7, 11) is 0. The highest BCUT2D eigenvalue weighted by Gasteiger charge is 2.18. The number of rotatable bonds is 2. The van der Waals surface area contributed by atoms with Gasteiger partial charge in [-0.3, -0.25) is 0 Å². The number of hydrogen-bond acceptors (Lipinski definition) is 6. The van der Waals surface area contributed by atoms with Gasteiger partial charge in [0.05, 0.1) is 11.3 Å². The molecule has 0 aliphatic rings. The van der Waals surface area contributed by atoms with Crippen LogP contribution >= 0.6 is 0 Å². The molecule has 2 rings (SSSR count). The maximum Gasteiger partial charge on any atom is 0.338 e. The molecule has 0 unspecified atom stereocenters. The fraction of sp³-hybridized carbons (Fsp3) is 0.333. The average Bonchev–Trinajstić information content (AvgIpc) is 2.73. The van der Waals surface area contributed by atoms with Crippen LogP contribution in [0.25, 0.3) is 5.69 Å². The van der Waals surface area contributed by atoms with Gasteiger partial charge in [-0.25, -0.2) is 4.79 Å². The molecule has 0 amide bonds. The minimum absolute atomic E-state index is 0.154. The van der Waals surface area contributed by atoms with Crippen molar-refractivity contribution in [3.05, 3.63) is 29.8 Å². The van der Waals surface area contributed by atoms with Crippen LogP contribution in [0.15, 0.2) is 24.3 Å². The van der Waals surface area contributed by atoms with Crippen molar-refractivity contribution in [2.24, 2.45) is 0 Å². The zero-order chi connectivity index (χ0) is 14.0. The number of benzene rings is 1. The normalized spacial score (nSPS) is 11.3. The van der Waals surface area contributed by atoms with E-state index in [2.05, 4.69) is 15.5 Å². The van der Waals surface area contributed by atoms with Crippen LogP contribution in [-0.4, -0.2) is 31.8 Å². The van der Waals surface area contributed by atoms with Crippen LogP contribution in [0.1, 0.15) is 31.1 Å². The molecule has 2 N–H and O–H groups in total. The number of hydrogen-bond donors (Lipinski definition) is 1. The summed E-state index contributed by atoms with van der Waals surface area (Å²) in [6.45, 7) is 5.44. The molecule has 1 aromatic carbocycles. The topological polar surface area (TPSA) is 95.9 Å². The van der Waals surface area contributed by atoms with Crippen molar-refractivity contribution < 1.29 is 9.53 Å². The molecule has 1 heterocycles. The van der Waals surface area contributed by atoms with Crippen molar-refractivity contribution >= 4 is 11.9 Å². The van der Waals surface area contributed by atoms with Gasteiger partial charge < -0.3 is 10.5 Å². The van der Waals surface area contributed by atoms with Gasteiger partial charge in [-0.2, -0.15) is 4.68 Å². The summed E-state index contributed by atoms with van der Waals surface area (Å²) < 4.78 is 6.64.